The summed E-state index contributed by atoms with van der Waals surface area (Å²) in [6.45, 7) is 9.99. The molecule has 1 amide bonds. The van der Waals surface area contributed by atoms with E-state index in [0.717, 1.165) is 85.4 Å². The number of morpholine rings is 1. The molecule has 164 valence electrons. The second kappa shape index (κ2) is 8.64. The van der Waals surface area contributed by atoms with Gasteiger partial charge < -0.3 is 9.30 Å². The fourth-order valence-electron chi connectivity index (χ4n) is 4.35. The van der Waals surface area contributed by atoms with Crippen LogP contribution in [-0.4, -0.2) is 69.9 Å². The summed E-state index contributed by atoms with van der Waals surface area (Å²) in [6.07, 6.45) is 2.78. The van der Waals surface area contributed by atoms with Crippen LogP contribution in [-0.2, 0) is 17.7 Å². The van der Waals surface area contributed by atoms with Gasteiger partial charge in [-0.15, -0.1) is 10.2 Å². The van der Waals surface area contributed by atoms with Crippen molar-refractivity contribution in [2.24, 2.45) is 0 Å². The van der Waals surface area contributed by atoms with Gasteiger partial charge in [-0.1, -0.05) is 23.5 Å². The van der Waals surface area contributed by atoms with Crippen LogP contribution in [0.1, 0.15) is 40.4 Å². The summed E-state index contributed by atoms with van der Waals surface area (Å²) in [5, 5.41) is 9.23. The zero-order valence-electron chi connectivity index (χ0n) is 18.1. The average molecular weight is 441 g/mol. The Morgan fingerprint density at radius 2 is 1.97 bits per heavy atom. The topological polar surface area (TPSA) is 76.4 Å². The first-order valence-corrected chi connectivity index (χ1v) is 11.8. The first-order chi connectivity index (χ1) is 15.1. The quantitative estimate of drug-likeness (QED) is 0.587. The fourth-order valence-corrected chi connectivity index (χ4v) is 5.49. The number of aryl methyl sites for hydroxylation is 3. The molecule has 0 unspecified atom stereocenters. The Kier molecular flexibility index (Phi) is 5.73. The van der Waals surface area contributed by atoms with Gasteiger partial charge in [-0.3, -0.25) is 14.6 Å². The lowest BCUT2D eigenvalue weighted by Crippen LogP contribution is -2.39. The minimum Gasteiger partial charge on any atom is -0.379 e. The highest BCUT2D eigenvalue weighted by atomic mass is 32.1. The number of ether oxygens (including phenoxy) is 1. The van der Waals surface area contributed by atoms with E-state index in [1.165, 1.54) is 5.56 Å². The van der Waals surface area contributed by atoms with Crippen LogP contribution in [0, 0.1) is 13.8 Å². The molecule has 2 aromatic heterocycles. The van der Waals surface area contributed by atoms with Crippen LogP contribution in [0.4, 0.5) is 5.13 Å². The number of thiazole rings is 1. The maximum Gasteiger partial charge on any atom is 0.298 e. The van der Waals surface area contributed by atoms with E-state index >= 15 is 0 Å². The Bertz CT molecular complexity index is 1060. The molecule has 0 spiro atoms. The molecule has 2 aliphatic heterocycles. The van der Waals surface area contributed by atoms with Crippen LogP contribution in [0.5, 0.6) is 0 Å². The van der Waals surface area contributed by atoms with E-state index in [1.807, 2.05) is 9.47 Å². The number of amides is 1. The number of rotatable bonds is 6. The van der Waals surface area contributed by atoms with Gasteiger partial charge in [0.15, 0.2) is 5.13 Å². The van der Waals surface area contributed by atoms with Crippen LogP contribution < -0.4 is 4.90 Å². The van der Waals surface area contributed by atoms with E-state index in [0.29, 0.717) is 12.4 Å². The molecule has 0 N–H and O–H groups in total. The minimum atomic E-state index is -0.100. The van der Waals surface area contributed by atoms with E-state index < -0.39 is 0 Å². The largest absolute Gasteiger partial charge is 0.379 e. The number of nitrogens with zero attached hydrogens (tertiary/aromatic N) is 6. The van der Waals surface area contributed by atoms with Crippen molar-refractivity contribution in [2.75, 3.05) is 44.3 Å². The summed E-state index contributed by atoms with van der Waals surface area (Å²) in [5.41, 5.74) is 3.30. The molecule has 1 aromatic carbocycles. The zero-order chi connectivity index (χ0) is 21.4. The third-order valence-electron chi connectivity index (χ3n) is 6.17. The van der Waals surface area contributed by atoms with E-state index in [-0.39, 0.29) is 5.91 Å². The Balaban J connectivity index is 1.44. The number of fused-ring (bicyclic) bond motifs is 2. The van der Waals surface area contributed by atoms with Gasteiger partial charge in [0.25, 0.3) is 5.91 Å². The van der Waals surface area contributed by atoms with Crippen molar-refractivity contribution < 1.29 is 9.53 Å². The van der Waals surface area contributed by atoms with Crippen molar-refractivity contribution in [1.29, 1.82) is 0 Å². The maximum atomic E-state index is 13.6. The lowest BCUT2D eigenvalue weighted by Gasteiger charge is -2.27. The molecule has 9 heteroatoms. The van der Waals surface area contributed by atoms with Crippen LogP contribution in [0.3, 0.4) is 0 Å². The van der Waals surface area contributed by atoms with Crippen LogP contribution >= 0.6 is 11.3 Å². The van der Waals surface area contributed by atoms with E-state index in [1.54, 1.807) is 11.3 Å². The molecular weight excluding hydrogens is 412 g/mol. The first-order valence-electron chi connectivity index (χ1n) is 11.0. The molecule has 0 aliphatic carbocycles. The molecule has 0 bridgehead atoms. The van der Waals surface area contributed by atoms with Crippen molar-refractivity contribution in [3.05, 3.63) is 34.9 Å². The Morgan fingerprint density at radius 3 is 2.77 bits per heavy atom. The number of hydrogen-bond donors (Lipinski definition) is 0. The summed E-state index contributed by atoms with van der Waals surface area (Å²) in [4.78, 5) is 22.7. The SMILES string of the molecule is Cc1ccc(C)c2sc(N(CCCN3CCOCC3)C(=O)c3nnc4n3CCC4)nc12. The van der Waals surface area contributed by atoms with Gasteiger partial charge in [0.1, 0.15) is 5.82 Å². The average Bonchev–Trinajstić information content (AvgIpc) is 3.50. The summed E-state index contributed by atoms with van der Waals surface area (Å²) in [6, 6.07) is 4.22. The predicted molar refractivity (Wildman–Crippen MR) is 121 cm³/mol. The van der Waals surface area contributed by atoms with Crippen LogP contribution in [0.15, 0.2) is 12.1 Å². The van der Waals surface area contributed by atoms with Gasteiger partial charge in [-0.25, -0.2) is 4.98 Å². The lowest BCUT2D eigenvalue weighted by atomic mass is 10.1. The molecule has 4 heterocycles. The van der Waals surface area contributed by atoms with Crippen molar-refractivity contribution >= 4 is 32.6 Å². The fraction of sp³-hybridized carbons (Fsp3) is 0.545. The molecule has 8 nitrogen and oxygen atoms in total. The number of aromatic nitrogens is 4. The third kappa shape index (κ3) is 3.97. The van der Waals surface area contributed by atoms with Gasteiger partial charge in [0.2, 0.25) is 5.82 Å². The van der Waals surface area contributed by atoms with Gasteiger partial charge in [-0.05, 0) is 37.8 Å². The number of carbonyl (C=O) groups is 1. The van der Waals surface area contributed by atoms with Crippen molar-refractivity contribution in [3.63, 3.8) is 0 Å². The second-order valence-electron chi connectivity index (χ2n) is 8.33. The Labute approximate surface area is 185 Å². The van der Waals surface area contributed by atoms with Gasteiger partial charge in [0.05, 0.1) is 23.4 Å². The summed E-state index contributed by atoms with van der Waals surface area (Å²) in [7, 11) is 0. The Hall–Kier alpha value is -2.36. The molecule has 3 aromatic rings. The highest BCUT2D eigenvalue weighted by Gasteiger charge is 2.29. The predicted octanol–water partition coefficient (Wildman–Crippen LogP) is 2.82. The standard InChI is InChI=1S/C22H28N6O2S/c1-15-6-7-16(2)19-18(15)23-22(31-19)28(10-4-8-26-11-13-30-14-12-26)21(29)20-25-24-17-5-3-9-27(17)20/h6-7H,3-5,8-14H2,1-2H3. The lowest BCUT2D eigenvalue weighted by molar-refractivity contribution is 0.0376. The van der Waals surface area contributed by atoms with Gasteiger partial charge >= 0.3 is 0 Å². The van der Waals surface area contributed by atoms with Crippen LogP contribution in [0.25, 0.3) is 10.2 Å². The maximum absolute atomic E-state index is 13.6. The van der Waals surface area contributed by atoms with Crippen molar-refractivity contribution in [2.45, 2.75) is 39.7 Å². The molecule has 5 rings (SSSR count). The molecular formula is C22H28N6O2S. The van der Waals surface area contributed by atoms with Gasteiger partial charge in [-0.2, -0.15) is 0 Å². The highest BCUT2D eigenvalue weighted by molar-refractivity contribution is 7.22. The van der Waals surface area contributed by atoms with Crippen molar-refractivity contribution in [3.8, 4) is 0 Å². The smallest absolute Gasteiger partial charge is 0.298 e. The third-order valence-corrected chi connectivity index (χ3v) is 7.38. The Morgan fingerprint density at radius 1 is 1.16 bits per heavy atom. The normalized spacial score (nSPS) is 16.7. The molecule has 0 radical (unpaired) electrons. The van der Waals surface area contributed by atoms with Crippen molar-refractivity contribution in [1.82, 2.24) is 24.6 Å². The summed E-state index contributed by atoms with van der Waals surface area (Å²) in [5.74, 6) is 1.25. The van der Waals surface area contributed by atoms with Crippen LogP contribution in [0.2, 0.25) is 0 Å². The second-order valence-corrected chi connectivity index (χ2v) is 9.31. The number of benzene rings is 1. The monoisotopic (exact) mass is 440 g/mol. The highest BCUT2D eigenvalue weighted by Crippen LogP contribution is 2.34. The number of anilines is 1. The minimum absolute atomic E-state index is 0.100. The van der Waals surface area contributed by atoms with E-state index in [9.17, 15) is 4.79 Å². The molecule has 31 heavy (non-hydrogen) atoms. The molecule has 0 saturated carbocycles. The van der Waals surface area contributed by atoms with E-state index in [2.05, 4.69) is 41.1 Å². The van der Waals surface area contributed by atoms with Gasteiger partial charge in [0, 0.05) is 39.1 Å². The molecule has 1 fully saturated rings. The summed E-state index contributed by atoms with van der Waals surface area (Å²) < 4.78 is 8.57. The zero-order valence-corrected chi connectivity index (χ0v) is 19.0. The molecule has 2 aliphatic rings. The number of carbonyl (C=O) groups excluding carboxylic acids is 1. The summed E-state index contributed by atoms with van der Waals surface area (Å²) >= 11 is 1.59. The molecule has 1 saturated heterocycles. The molecule has 0 atom stereocenters. The first kappa shape index (κ1) is 20.5. The number of hydrogen-bond acceptors (Lipinski definition) is 7. The van der Waals surface area contributed by atoms with E-state index in [4.69, 9.17) is 9.72 Å².